The fourth-order valence-electron chi connectivity index (χ4n) is 10.4. The van der Waals surface area contributed by atoms with Crippen LogP contribution in [0.15, 0.2) is 176 Å². The fraction of sp³-hybridized carbons (Fsp3) is 0.0536. The number of para-hydroxylation sites is 7. The van der Waals surface area contributed by atoms with Crippen LogP contribution in [0.4, 0.5) is 0 Å². The summed E-state index contributed by atoms with van der Waals surface area (Å²) < 4.78 is 8.09. The third-order valence-electron chi connectivity index (χ3n) is 13.3. The van der Waals surface area contributed by atoms with E-state index in [2.05, 4.69) is 90.4 Å². The fourth-order valence-corrected chi connectivity index (χ4v) is 10.4. The quantitative estimate of drug-likeness (QED) is 0.153. The number of carbonyl (C=O) groups excluding carboxylic acids is 1. The van der Waals surface area contributed by atoms with Crippen molar-refractivity contribution in [3.8, 4) is 23.8 Å². The zero-order valence-electron chi connectivity index (χ0n) is 36.0. The summed E-state index contributed by atoms with van der Waals surface area (Å²) in [5, 5.41) is 7.34. The molecule has 13 aromatic rings. The molecule has 0 N–H and O–H groups in total. The van der Waals surface area contributed by atoms with Gasteiger partial charge >= 0.3 is 0 Å². The van der Waals surface area contributed by atoms with E-state index in [-0.39, 0.29) is 23.5 Å². The van der Waals surface area contributed by atoms with Crippen molar-refractivity contribution in [1.29, 1.82) is 0 Å². The third kappa shape index (κ3) is 5.48. The van der Waals surface area contributed by atoms with Crippen molar-refractivity contribution in [3.63, 3.8) is 0 Å². The van der Waals surface area contributed by atoms with Gasteiger partial charge in [0, 0.05) is 37.7 Å². The van der Waals surface area contributed by atoms with E-state index in [1.165, 1.54) is 5.56 Å². The Kier molecular flexibility index (Phi) is 7.91. The van der Waals surface area contributed by atoms with E-state index in [0.29, 0.717) is 17.8 Å². The minimum absolute atomic E-state index is 0.103. The highest BCUT2D eigenvalue weighted by atomic mass is 16.1. The molecule has 14 rings (SSSR count). The van der Waals surface area contributed by atoms with Crippen molar-refractivity contribution in [2.75, 3.05) is 0 Å². The molecular weight excluding hydrogens is 829 g/mol. The van der Waals surface area contributed by atoms with Gasteiger partial charge < -0.3 is 0 Å². The van der Waals surface area contributed by atoms with E-state index in [0.717, 1.165) is 88.4 Å². The largest absolute Gasteiger partial charge is 0.281 e. The number of fused-ring (bicyclic) bond motifs is 12. The molecule has 0 spiro atoms. The third-order valence-corrected chi connectivity index (χ3v) is 13.3. The predicted octanol–water partition coefficient (Wildman–Crippen LogP) is 11.7. The van der Waals surface area contributed by atoms with E-state index < -0.39 is 5.78 Å². The Hall–Kier alpha value is -9.09. The van der Waals surface area contributed by atoms with Crippen molar-refractivity contribution < 1.29 is 4.79 Å². The van der Waals surface area contributed by atoms with E-state index >= 15 is 4.79 Å². The molecule has 6 heterocycles. The second-order valence-electron chi connectivity index (χ2n) is 17.2. The first-order valence-corrected chi connectivity index (χ1v) is 22.4. The molecule has 7 aromatic carbocycles. The Morgan fingerprint density at radius 1 is 0.388 bits per heavy atom. The Morgan fingerprint density at radius 3 is 1.01 bits per heavy atom. The summed E-state index contributed by atoms with van der Waals surface area (Å²) in [6, 6.07) is 57.4. The standard InChI is InChI=1S/C56H36N10O/c1-33-30-31-49-41(32-33)40-22-8-15-29-48(40)66(49)56-60-52(59-55(62-56)65-46-27-13-6-20-38(46)39-21-7-14-28-47(39)65)50(67)51-57-53(63-42-23-9-2-16-34(42)35-17-3-10-24-43(35)63)61-54(58-51)64-44-25-11-4-18-36(44)37-19-5-12-26-45(37)64/h2-31,33H,32H2,1H3. The lowest BCUT2D eigenvalue weighted by molar-refractivity contribution is 0.101. The van der Waals surface area contributed by atoms with Crippen molar-refractivity contribution in [3.05, 3.63) is 199 Å². The van der Waals surface area contributed by atoms with Crippen LogP contribution >= 0.6 is 0 Å². The SMILES string of the molecule is CC1C=Cc2c(c3ccccc3n2-c2nc(C(=O)c3nc(-n4c5ccccc5c5ccccc54)nc(-n4c5ccccc5c5ccccc54)n3)nc(-n3c4ccccc4c4ccccc43)n2)C1. The highest BCUT2D eigenvalue weighted by Gasteiger charge is 2.29. The van der Waals surface area contributed by atoms with Crippen LogP contribution in [0, 0.1) is 5.92 Å². The van der Waals surface area contributed by atoms with Gasteiger partial charge in [0.25, 0.3) is 5.78 Å². The van der Waals surface area contributed by atoms with Gasteiger partial charge in [0.1, 0.15) is 0 Å². The van der Waals surface area contributed by atoms with Crippen LogP contribution in [-0.4, -0.2) is 54.0 Å². The summed E-state index contributed by atoms with van der Waals surface area (Å²) in [7, 11) is 0. The van der Waals surface area contributed by atoms with Crippen LogP contribution in [0.2, 0.25) is 0 Å². The van der Waals surface area contributed by atoms with Gasteiger partial charge in [0.15, 0.2) is 0 Å². The predicted molar refractivity (Wildman–Crippen MR) is 265 cm³/mol. The molecule has 1 aliphatic carbocycles. The van der Waals surface area contributed by atoms with Gasteiger partial charge in [-0.25, -0.2) is 0 Å². The van der Waals surface area contributed by atoms with E-state index in [9.17, 15) is 0 Å². The Bertz CT molecular complexity index is 3970. The number of nitrogens with zero attached hydrogens (tertiary/aromatic N) is 10. The smallest absolute Gasteiger partial charge is 0.267 e. The van der Waals surface area contributed by atoms with Crippen LogP contribution in [0.1, 0.15) is 34.6 Å². The molecule has 0 bridgehead atoms. The lowest BCUT2D eigenvalue weighted by atomic mass is 9.93. The maximum atomic E-state index is 15.8. The molecular formula is C56H36N10O. The topological polar surface area (TPSA) is 114 Å². The number of allylic oxidation sites excluding steroid dienone is 1. The molecule has 1 atom stereocenters. The molecule has 0 fully saturated rings. The summed E-state index contributed by atoms with van der Waals surface area (Å²) in [5.41, 5.74) is 8.49. The second-order valence-corrected chi connectivity index (χ2v) is 17.2. The van der Waals surface area contributed by atoms with Gasteiger partial charge in [-0.05, 0) is 66.4 Å². The minimum Gasteiger partial charge on any atom is -0.281 e. The average Bonchev–Trinajstić information content (AvgIpc) is 4.11. The van der Waals surface area contributed by atoms with Crippen molar-refractivity contribution >= 4 is 88.2 Å². The van der Waals surface area contributed by atoms with Crippen LogP contribution in [0.25, 0.3) is 106 Å². The first-order valence-electron chi connectivity index (χ1n) is 22.4. The highest BCUT2D eigenvalue weighted by molar-refractivity contribution is 6.11. The van der Waals surface area contributed by atoms with Gasteiger partial charge in [-0.3, -0.25) is 23.1 Å². The first kappa shape index (κ1) is 37.3. The summed E-state index contributed by atoms with van der Waals surface area (Å²) in [6.07, 6.45) is 5.23. The van der Waals surface area contributed by atoms with Crippen molar-refractivity contribution in [2.45, 2.75) is 13.3 Å². The second kappa shape index (κ2) is 14.2. The van der Waals surface area contributed by atoms with Crippen LogP contribution in [0.5, 0.6) is 0 Å². The van der Waals surface area contributed by atoms with E-state index in [1.807, 2.05) is 117 Å². The molecule has 11 nitrogen and oxygen atoms in total. The number of hydrogen-bond donors (Lipinski definition) is 0. The van der Waals surface area contributed by atoms with Gasteiger partial charge in [-0.2, -0.15) is 29.9 Å². The molecule has 1 unspecified atom stereocenters. The molecule has 0 radical (unpaired) electrons. The molecule has 67 heavy (non-hydrogen) atoms. The van der Waals surface area contributed by atoms with Gasteiger partial charge in [-0.1, -0.05) is 140 Å². The van der Waals surface area contributed by atoms with Crippen LogP contribution < -0.4 is 0 Å². The number of rotatable bonds is 6. The number of aromatic nitrogens is 10. The number of ketones is 1. The first-order chi connectivity index (χ1) is 33.1. The van der Waals surface area contributed by atoms with Crippen molar-refractivity contribution in [1.82, 2.24) is 48.2 Å². The summed E-state index contributed by atoms with van der Waals surface area (Å²) in [6.45, 7) is 2.22. The monoisotopic (exact) mass is 864 g/mol. The normalized spacial score (nSPS) is 13.8. The average molecular weight is 865 g/mol. The molecule has 11 heteroatoms. The maximum Gasteiger partial charge on any atom is 0.267 e. The van der Waals surface area contributed by atoms with Crippen molar-refractivity contribution in [2.24, 2.45) is 5.92 Å². The van der Waals surface area contributed by atoms with Gasteiger partial charge in [0.2, 0.25) is 35.4 Å². The lowest BCUT2D eigenvalue weighted by Crippen LogP contribution is -2.20. The molecule has 1 aliphatic rings. The van der Waals surface area contributed by atoms with E-state index in [4.69, 9.17) is 29.9 Å². The molecule has 0 saturated carbocycles. The highest BCUT2D eigenvalue weighted by Crippen LogP contribution is 2.37. The van der Waals surface area contributed by atoms with Gasteiger partial charge in [-0.15, -0.1) is 0 Å². The number of hydrogen-bond acceptors (Lipinski definition) is 7. The van der Waals surface area contributed by atoms with Crippen LogP contribution in [-0.2, 0) is 6.42 Å². The molecule has 0 aliphatic heterocycles. The van der Waals surface area contributed by atoms with E-state index in [1.54, 1.807) is 0 Å². The zero-order chi connectivity index (χ0) is 44.3. The molecule has 0 amide bonds. The zero-order valence-corrected chi connectivity index (χ0v) is 36.0. The Labute approximate surface area is 381 Å². The number of benzene rings is 7. The Morgan fingerprint density at radius 2 is 0.672 bits per heavy atom. The summed E-state index contributed by atoms with van der Waals surface area (Å²) in [5.74, 6) is 0.744. The molecule has 0 saturated heterocycles. The maximum absolute atomic E-state index is 15.8. The summed E-state index contributed by atoms with van der Waals surface area (Å²) in [4.78, 5) is 46.7. The minimum atomic E-state index is -0.577. The van der Waals surface area contributed by atoms with Gasteiger partial charge in [0.05, 0.1) is 44.3 Å². The number of carbonyl (C=O) groups is 1. The lowest BCUT2D eigenvalue weighted by Gasteiger charge is -2.16. The summed E-state index contributed by atoms with van der Waals surface area (Å²) >= 11 is 0. The molecule has 6 aromatic heterocycles. The Balaban J connectivity index is 1.07. The van der Waals surface area contributed by atoms with Crippen LogP contribution in [0.3, 0.4) is 0 Å². The molecule has 316 valence electrons.